The topological polar surface area (TPSA) is 59.0 Å². The Morgan fingerprint density at radius 1 is 0.969 bits per heavy atom. The van der Waals surface area contributed by atoms with Crippen LogP contribution in [0.4, 0.5) is 4.79 Å². The van der Waals surface area contributed by atoms with Crippen LogP contribution in [0.25, 0.3) is 11.1 Å². The Kier molecular flexibility index (Phi) is 4.47. The fourth-order valence-electron chi connectivity index (χ4n) is 5.52. The minimum atomic E-state index is -0.581. The number of aliphatic hydroxyl groups is 1. The number of hydrogen-bond donors (Lipinski definition) is 1. The number of rotatable bonds is 2. The molecule has 0 bridgehead atoms. The Bertz CT molecular complexity index is 1150. The Balaban J connectivity index is 1.16. The highest BCUT2D eigenvalue weighted by Crippen LogP contribution is 2.45. The van der Waals surface area contributed by atoms with E-state index >= 15 is 0 Å². The van der Waals surface area contributed by atoms with Gasteiger partial charge in [-0.15, -0.1) is 0 Å². The van der Waals surface area contributed by atoms with E-state index in [9.17, 15) is 9.90 Å². The van der Waals surface area contributed by atoms with Gasteiger partial charge in [0.15, 0.2) is 0 Å². The van der Waals surface area contributed by atoms with Crippen molar-refractivity contribution in [1.82, 2.24) is 4.90 Å². The molecule has 5 heteroatoms. The molecule has 0 saturated carbocycles. The number of hydrogen-bond acceptors (Lipinski definition) is 4. The molecule has 6 rings (SSSR count). The Morgan fingerprint density at radius 3 is 2.31 bits per heavy atom. The van der Waals surface area contributed by atoms with Crippen LogP contribution in [-0.2, 0) is 4.74 Å². The van der Waals surface area contributed by atoms with Crippen LogP contribution in [0.2, 0.25) is 0 Å². The summed E-state index contributed by atoms with van der Waals surface area (Å²) in [6, 6.07) is 24.2. The van der Waals surface area contributed by atoms with Gasteiger partial charge in [0.25, 0.3) is 0 Å². The predicted molar refractivity (Wildman–Crippen MR) is 121 cm³/mol. The summed E-state index contributed by atoms with van der Waals surface area (Å²) < 4.78 is 12.1. The van der Waals surface area contributed by atoms with Gasteiger partial charge in [-0.2, -0.15) is 0 Å². The molecule has 1 aliphatic carbocycles. The van der Waals surface area contributed by atoms with E-state index in [1.165, 1.54) is 22.3 Å². The molecule has 0 aromatic heterocycles. The first-order valence-corrected chi connectivity index (χ1v) is 11.2. The summed E-state index contributed by atoms with van der Waals surface area (Å²) in [7, 11) is 0. The lowest BCUT2D eigenvalue weighted by molar-refractivity contribution is -0.00760. The van der Waals surface area contributed by atoms with Crippen LogP contribution in [0.5, 0.6) is 5.75 Å². The Hall–Kier alpha value is -3.31. The van der Waals surface area contributed by atoms with E-state index in [0.717, 1.165) is 5.56 Å². The lowest BCUT2D eigenvalue weighted by atomic mass is 9.88. The normalized spacial score (nSPS) is 23.4. The average Bonchev–Trinajstić information content (AvgIpc) is 3.37. The monoisotopic (exact) mass is 427 g/mol. The minimum absolute atomic E-state index is 0.0440. The second-order valence-electron chi connectivity index (χ2n) is 9.02. The number of aliphatic hydroxyl groups excluding tert-OH is 1. The third kappa shape index (κ3) is 3.07. The van der Waals surface area contributed by atoms with E-state index in [2.05, 4.69) is 24.3 Å². The number of carbonyl (C=O) groups excluding carboxylic acids is 1. The average molecular weight is 428 g/mol. The highest BCUT2D eigenvalue weighted by Gasteiger charge is 2.47. The van der Waals surface area contributed by atoms with Crippen LogP contribution in [0, 0.1) is 0 Å². The molecule has 2 atom stereocenters. The first kappa shape index (κ1) is 19.4. The van der Waals surface area contributed by atoms with E-state index < -0.39 is 11.7 Å². The van der Waals surface area contributed by atoms with Gasteiger partial charge in [0.2, 0.25) is 0 Å². The van der Waals surface area contributed by atoms with Gasteiger partial charge in [-0.3, -0.25) is 0 Å². The molecule has 32 heavy (non-hydrogen) atoms. The summed E-state index contributed by atoms with van der Waals surface area (Å²) in [5.74, 6) is 0.753. The van der Waals surface area contributed by atoms with E-state index in [-0.39, 0.29) is 12.0 Å². The van der Waals surface area contributed by atoms with E-state index in [1.807, 2.05) is 48.5 Å². The molecular formula is C27H25NO4. The van der Waals surface area contributed by atoms with E-state index in [1.54, 1.807) is 4.90 Å². The van der Waals surface area contributed by atoms with Crippen LogP contribution < -0.4 is 4.74 Å². The molecule has 3 aromatic carbocycles. The SMILES string of the molecule is O=C(OCC1c2ccccc2-c2ccccc21)N1CCC2(CC(O)c3ccccc3O2)C1. The maximum absolute atomic E-state index is 13.0. The van der Waals surface area contributed by atoms with Crippen LogP contribution >= 0.6 is 0 Å². The van der Waals surface area contributed by atoms with Crippen molar-refractivity contribution in [2.45, 2.75) is 30.5 Å². The lowest BCUT2D eigenvalue weighted by Crippen LogP contribution is -2.44. The maximum Gasteiger partial charge on any atom is 0.409 e. The third-order valence-corrected chi connectivity index (χ3v) is 7.08. The molecule has 1 spiro atoms. The fraction of sp³-hybridized carbons (Fsp3) is 0.296. The van der Waals surface area contributed by atoms with Crippen molar-refractivity contribution in [2.24, 2.45) is 0 Å². The van der Waals surface area contributed by atoms with Crippen molar-refractivity contribution < 1.29 is 19.4 Å². The summed E-state index contributed by atoms with van der Waals surface area (Å²) in [4.78, 5) is 14.7. The number of benzene rings is 3. The van der Waals surface area contributed by atoms with Gasteiger partial charge < -0.3 is 19.5 Å². The molecule has 162 valence electrons. The highest BCUT2D eigenvalue weighted by atomic mass is 16.6. The van der Waals surface area contributed by atoms with Crippen molar-refractivity contribution in [2.75, 3.05) is 19.7 Å². The summed E-state index contributed by atoms with van der Waals surface area (Å²) in [5.41, 5.74) is 5.10. The zero-order valence-corrected chi connectivity index (χ0v) is 17.7. The molecule has 1 amide bonds. The molecule has 2 unspecified atom stereocenters. The quantitative estimate of drug-likeness (QED) is 0.632. The Labute approximate surface area is 187 Å². The second-order valence-corrected chi connectivity index (χ2v) is 9.02. The van der Waals surface area contributed by atoms with Crippen molar-refractivity contribution in [3.8, 4) is 16.9 Å². The van der Waals surface area contributed by atoms with Crippen molar-refractivity contribution >= 4 is 6.09 Å². The highest BCUT2D eigenvalue weighted by molar-refractivity contribution is 5.79. The number of carbonyl (C=O) groups is 1. The summed E-state index contributed by atoms with van der Waals surface area (Å²) in [6.45, 7) is 1.29. The van der Waals surface area contributed by atoms with E-state index in [0.29, 0.717) is 38.3 Å². The van der Waals surface area contributed by atoms with Gasteiger partial charge in [0.05, 0.1) is 12.6 Å². The van der Waals surface area contributed by atoms with Gasteiger partial charge in [0, 0.05) is 30.9 Å². The van der Waals surface area contributed by atoms with Crippen LogP contribution in [0.3, 0.4) is 0 Å². The number of likely N-dealkylation sites (tertiary alicyclic amines) is 1. The molecule has 3 aliphatic rings. The molecule has 1 fully saturated rings. The molecule has 2 heterocycles. The molecule has 1 N–H and O–H groups in total. The van der Waals surface area contributed by atoms with E-state index in [4.69, 9.17) is 9.47 Å². The number of amides is 1. The zero-order valence-electron chi connectivity index (χ0n) is 17.7. The van der Waals surface area contributed by atoms with Gasteiger partial charge in [-0.1, -0.05) is 66.7 Å². The number of para-hydroxylation sites is 1. The minimum Gasteiger partial charge on any atom is -0.485 e. The summed E-state index contributed by atoms with van der Waals surface area (Å²) in [5, 5.41) is 10.6. The summed E-state index contributed by atoms with van der Waals surface area (Å²) in [6.07, 6.45) is 0.267. The largest absolute Gasteiger partial charge is 0.485 e. The van der Waals surface area contributed by atoms with Gasteiger partial charge in [-0.25, -0.2) is 4.79 Å². The van der Waals surface area contributed by atoms with Crippen molar-refractivity contribution in [3.63, 3.8) is 0 Å². The Morgan fingerprint density at radius 2 is 1.59 bits per heavy atom. The number of fused-ring (bicyclic) bond motifs is 4. The first-order chi connectivity index (χ1) is 15.6. The van der Waals surface area contributed by atoms with Gasteiger partial charge in [0.1, 0.15) is 18.0 Å². The number of nitrogens with zero attached hydrogens (tertiary/aromatic N) is 1. The molecule has 1 saturated heterocycles. The van der Waals surface area contributed by atoms with Crippen LogP contribution in [-0.4, -0.2) is 41.4 Å². The number of ether oxygens (including phenoxy) is 2. The molecule has 5 nitrogen and oxygen atoms in total. The standard InChI is InChI=1S/C27H25NO4/c29-24-15-27(32-25-12-6-5-11-22(24)25)13-14-28(17-27)26(30)31-16-23-20-9-3-1-7-18(20)19-8-2-4-10-21(19)23/h1-12,23-24,29H,13-17H2. The first-order valence-electron chi connectivity index (χ1n) is 11.2. The van der Waals surface area contributed by atoms with Crippen molar-refractivity contribution in [1.29, 1.82) is 0 Å². The van der Waals surface area contributed by atoms with Crippen LogP contribution in [0.1, 0.15) is 41.6 Å². The predicted octanol–water partition coefficient (Wildman–Crippen LogP) is 4.90. The molecule has 0 radical (unpaired) electrons. The molecule has 3 aromatic rings. The second kappa shape index (κ2) is 7.38. The maximum atomic E-state index is 13.0. The smallest absolute Gasteiger partial charge is 0.409 e. The van der Waals surface area contributed by atoms with Crippen molar-refractivity contribution in [3.05, 3.63) is 89.5 Å². The molecule has 2 aliphatic heterocycles. The van der Waals surface area contributed by atoms with Gasteiger partial charge >= 0.3 is 6.09 Å². The lowest BCUT2D eigenvalue weighted by Gasteiger charge is -2.37. The summed E-state index contributed by atoms with van der Waals surface area (Å²) >= 11 is 0. The van der Waals surface area contributed by atoms with Crippen LogP contribution in [0.15, 0.2) is 72.8 Å². The third-order valence-electron chi connectivity index (χ3n) is 7.08. The fourth-order valence-corrected chi connectivity index (χ4v) is 5.52. The van der Waals surface area contributed by atoms with Gasteiger partial charge in [-0.05, 0) is 28.3 Å². The zero-order chi connectivity index (χ0) is 21.7. The molecular weight excluding hydrogens is 402 g/mol.